The number of furan rings is 1. The van der Waals surface area contributed by atoms with Crippen molar-refractivity contribution in [3.63, 3.8) is 0 Å². The zero-order chi connectivity index (χ0) is 23.8. The van der Waals surface area contributed by atoms with Crippen LogP contribution in [0.4, 0.5) is 5.69 Å². The van der Waals surface area contributed by atoms with E-state index < -0.39 is 0 Å². The number of benzene rings is 2. The molecule has 1 aliphatic rings. The van der Waals surface area contributed by atoms with Crippen LogP contribution in [0.1, 0.15) is 79.3 Å². The summed E-state index contributed by atoms with van der Waals surface area (Å²) in [7, 11) is 1.60. The molecular formula is C28H33NO4. The van der Waals surface area contributed by atoms with Gasteiger partial charge in [0.25, 0.3) is 11.9 Å². The van der Waals surface area contributed by atoms with Crippen LogP contribution in [0.2, 0.25) is 0 Å². The number of amides is 1. The Morgan fingerprint density at radius 2 is 1.97 bits per heavy atom. The van der Waals surface area contributed by atoms with E-state index in [1.165, 1.54) is 17.5 Å². The quantitative estimate of drug-likeness (QED) is 0.428. The van der Waals surface area contributed by atoms with Crippen molar-refractivity contribution in [3.05, 3.63) is 70.5 Å². The third kappa shape index (κ3) is 4.50. The molecule has 0 saturated carbocycles. The summed E-state index contributed by atoms with van der Waals surface area (Å²) >= 11 is 0. The molecule has 1 heterocycles. The lowest BCUT2D eigenvalue weighted by atomic mass is 9.69. The molecule has 0 saturated heterocycles. The van der Waals surface area contributed by atoms with Crippen LogP contribution in [0, 0.1) is 6.92 Å². The van der Waals surface area contributed by atoms with Gasteiger partial charge in [0.2, 0.25) is 0 Å². The van der Waals surface area contributed by atoms with Crippen molar-refractivity contribution < 1.29 is 18.7 Å². The molecule has 3 aromatic rings. The van der Waals surface area contributed by atoms with Gasteiger partial charge < -0.3 is 19.2 Å². The molecule has 0 spiro atoms. The molecule has 174 valence electrons. The molecule has 1 N–H and O–H groups in total. The van der Waals surface area contributed by atoms with Crippen molar-refractivity contribution in [2.75, 3.05) is 12.4 Å². The SMILES string of the molecule is CCc1c(C)ccc(OC)c1NC(=O)c1ccc(Oc2ccc3c(c2)C(C)CCC3(C)C)o1. The number of anilines is 1. The smallest absolute Gasteiger partial charge is 0.291 e. The molecule has 0 fully saturated rings. The van der Waals surface area contributed by atoms with Gasteiger partial charge in [0.1, 0.15) is 11.5 Å². The van der Waals surface area contributed by atoms with E-state index in [9.17, 15) is 4.79 Å². The monoisotopic (exact) mass is 447 g/mol. The molecular weight excluding hydrogens is 414 g/mol. The molecule has 2 aromatic carbocycles. The van der Waals surface area contributed by atoms with Gasteiger partial charge >= 0.3 is 0 Å². The van der Waals surface area contributed by atoms with Crippen LogP contribution in [0.15, 0.2) is 46.9 Å². The maximum absolute atomic E-state index is 12.9. The van der Waals surface area contributed by atoms with E-state index in [1.54, 1.807) is 19.2 Å². The number of fused-ring (bicyclic) bond motifs is 1. The standard InChI is InChI=1S/C28H33NO4/c1-7-20-17(2)8-11-23(31-6)26(20)29-27(30)24-12-13-25(33-24)32-19-9-10-22-21(16-19)18(3)14-15-28(22,4)5/h8-13,16,18H,7,14-15H2,1-6H3,(H,29,30). The number of methoxy groups -OCH3 is 1. The summed E-state index contributed by atoms with van der Waals surface area (Å²) in [5.74, 6) is 1.96. The van der Waals surface area contributed by atoms with Crippen molar-refractivity contribution >= 4 is 11.6 Å². The third-order valence-corrected chi connectivity index (χ3v) is 6.83. The first-order chi connectivity index (χ1) is 15.7. The van der Waals surface area contributed by atoms with Crippen molar-refractivity contribution in [1.82, 2.24) is 0 Å². The number of rotatable bonds is 6. The Morgan fingerprint density at radius 3 is 2.70 bits per heavy atom. The van der Waals surface area contributed by atoms with Crippen molar-refractivity contribution in [2.24, 2.45) is 0 Å². The molecule has 1 aromatic heterocycles. The summed E-state index contributed by atoms with van der Waals surface area (Å²) < 4.78 is 17.2. The minimum atomic E-state index is -0.343. The zero-order valence-corrected chi connectivity index (χ0v) is 20.4. The van der Waals surface area contributed by atoms with Gasteiger partial charge in [0.15, 0.2) is 5.76 Å². The Hall–Kier alpha value is -3.21. The average Bonchev–Trinajstić information content (AvgIpc) is 3.25. The highest BCUT2D eigenvalue weighted by molar-refractivity contribution is 6.03. The van der Waals surface area contributed by atoms with Crippen molar-refractivity contribution in [1.29, 1.82) is 0 Å². The minimum absolute atomic E-state index is 0.171. The highest BCUT2D eigenvalue weighted by atomic mass is 16.6. The van der Waals surface area contributed by atoms with Crippen molar-refractivity contribution in [3.8, 4) is 17.4 Å². The first-order valence-electron chi connectivity index (χ1n) is 11.6. The fourth-order valence-electron chi connectivity index (χ4n) is 4.78. The van der Waals surface area contributed by atoms with Gasteiger partial charge in [-0.05, 0) is 84.0 Å². The molecule has 4 rings (SSSR count). The van der Waals surface area contributed by atoms with Gasteiger partial charge in [-0.15, -0.1) is 0 Å². The predicted molar refractivity (Wildman–Crippen MR) is 131 cm³/mol. The van der Waals surface area contributed by atoms with Gasteiger partial charge in [0.05, 0.1) is 12.8 Å². The van der Waals surface area contributed by atoms with Crippen LogP contribution in [-0.2, 0) is 11.8 Å². The lowest BCUT2D eigenvalue weighted by Gasteiger charge is -2.36. The molecule has 0 radical (unpaired) electrons. The summed E-state index contributed by atoms with van der Waals surface area (Å²) in [6.07, 6.45) is 3.12. The second kappa shape index (κ2) is 8.97. The molecule has 1 amide bonds. The van der Waals surface area contributed by atoms with Crippen LogP contribution in [0.3, 0.4) is 0 Å². The lowest BCUT2D eigenvalue weighted by Crippen LogP contribution is -2.25. The van der Waals surface area contributed by atoms with Crippen LogP contribution >= 0.6 is 0 Å². The van der Waals surface area contributed by atoms with E-state index in [0.717, 1.165) is 24.0 Å². The van der Waals surface area contributed by atoms with Crippen LogP contribution in [-0.4, -0.2) is 13.0 Å². The molecule has 1 atom stereocenters. The fourth-order valence-corrected chi connectivity index (χ4v) is 4.78. The number of carbonyl (C=O) groups excluding carboxylic acids is 1. The molecule has 0 aliphatic heterocycles. The Labute approximate surface area is 196 Å². The number of aryl methyl sites for hydroxylation is 1. The number of nitrogens with one attached hydrogen (secondary N) is 1. The normalized spacial score (nSPS) is 16.7. The van der Waals surface area contributed by atoms with Crippen molar-refractivity contribution in [2.45, 2.75) is 65.2 Å². The Balaban J connectivity index is 1.53. The topological polar surface area (TPSA) is 60.7 Å². The van der Waals surface area contributed by atoms with Gasteiger partial charge in [-0.25, -0.2) is 0 Å². The van der Waals surface area contributed by atoms with Gasteiger partial charge in [-0.3, -0.25) is 4.79 Å². The highest BCUT2D eigenvalue weighted by Gasteiger charge is 2.31. The number of carbonyl (C=O) groups is 1. The van der Waals surface area contributed by atoms with Crippen LogP contribution in [0.5, 0.6) is 17.4 Å². The minimum Gasteiger partial charge on any atom is -0.495 e. The molecule has 1 unspecified atom stereocenters. The van der Waals surface area contributed by atoms with Crippen LogP contribution < -0.4 is 14.8 Å². The van der Waals surface area contributed by atoms with E-state index in [0.29, 0.717) is 23.1 Å². The lowest BCUT2D eigenvalue weighted by molar-refractivity contribution is 0.0991. The molecule has 0 bridgehead atoms. The maximum Gasteiger partial charge on any atom is 0.291 e. The van der Waals surface area contributed by atoms with Gasteiger partial charge in [0, 0.05) is 6.07 Å². The summed E-state index contributed by atoms with van der Waals surface area (Å²) in [6, 6.07) is 13.4. The third-order valence-electron chi connectivity index (χ3n) is 6.83. The second-order valence-corrected chi connectivity index (χ2v) is 9.54. The number of hydrogen-bond acceptors (Lipinski definition) is 4. The fraction of sp³-hybridized carbons (Fsp3) is 0.393. The maximum atomic E-state index is 12.9. The molecule has 1 aliphatic carbocycles. The second-order valence-electron chi connectivity index (χ2n) is 9.54. The zero-order valence-electron chi connectivity index (χ0n) is 20.4. The number of ether oxygens (including phenoxy) is 2. The highest BCUT2D eigenvalue weighted by Crippen LogP contribution is 2.44. The summed E-state index contributed by atoms with van der Waals surface area (Å²) in [4.78, 5) is 12.9. The molecule has 5 nitrogen and oxygen atoms in total. The summed E-state index contributed by atoms with van der Waals surface area (Å²) in [5, 5.41) is 2.96. The summed E-state index contributed by atoms with van der Waals surface area (Å²) in [5.41, 5.74) is 5.69. The molecule has 33 heavy (non-hydrogen) atoms. The van der Waals surface area contributed by atoms with Gasteiger partial charge in [-0.2, -0.15) is 0 Å². The van der Waals surface area contributed by atoms with E-state index >= 15 is 0 Å². The first-order valence-corrected chi connectivity index (χ1v) is 11.6. The van der Waals surface area contributed by atoms with Crippen LogP contribution in [0.25, 0.3) is 0 Å². The Bertz CT molecular complexity index is 1170. The van der Waals surface area contributed by atoms with E-state index in [4.69, 9.17) is 13.9 Å². The van der Waals surface area contributed by atoms with E-state index in [1.807, 2.05) is 25.1 Å². The largest absolute Gasteiger partial charge is 0.495 e. The average molecular weight is 448 g/mol. The van der Waals surface area contributed by atoms with Gasteiger partial charge in [-0.1, -0.05) is 39.8 Å². The van der Waals surface area contributed by atoms with E-state index in [-0.39, 0.29) is 23.0 Å². The first kappa shape index (κ1) is 23.0. The Kier molecular flexibility index (Phi) is 6.24. The Morgan fingerprint density at radius 1 is 1.18 bits per heavy atom. The summed E-state index contributed by atoms with van der Waals surface area (Å²) in [6.45, 7) is 10.9. The number of hydrogen-bond donors (Lipinski definition) is 1. The van der Waals surface area contributed by atoms with E-state index in [2.05, 4.69) is 45.1 Å². The predicted octanol–water partition coefficient (Wildman–Crippen LogP) is 7.38. The molecule has 5 heteroatoms.